The minimum atomic E-state index is -0.474. The molecule has 1 N–H and O–H groups in total. The second kappa shape index (κ2) is 8.42. The highest BCUT2D eigenvalue weighted by Crippen LogP contribution is 2.39. The third-order valence-electron chi connectivity index (χ3n) is 5.13. The van der Waals surface area contributed by atoms with Gasteiger partial charge in [0.2, 0.25) is 0 Å². The molecule has 2 aromatic rings. The molecule has 1 heterocycles. The van der Waals surface area contributed by atoms with Gasteiger partial charge in [-0.1, -0.05) is 45.0 Å². The van der Waals surface area contributed by atoms with Gasteiger partial charge in [-0.05, 0) is 53.9 Å². The Labute approximate surface area is 170 Å². The first-order valence-corrected chi connectivity index (χ1v) is 10.3. The maximum Gasteiger partial charge on any atom is 0.266 e. The second-order valence-electron chi connectivity index (χ2n) is 7.61. The fourth-order valence-corrected chi connectivity index (χ4v) is 4.78. The van der Waals surface area contributed by atoms with Crippen LogP contribution >= 0.6 is 11.3 Å². The van der Waals surface area contributed by atoms with Crippen molar-refractivity contribution in [1.29, 1.82) is 10.5 Å². The van der Waals surface area contributed by atoms with Crippen molar-refractivity contribution in [1.82, 2.24) is 0 Å². The molecule has 1 aromatic heterocycles. The van der Waals surface area contributed by atoms with Crippen molar-refractivity contribution >= 4 is 28.3 Å². The lowest BCUT2D eigenvalue weighted by Crippen LogP contribution is -2.13. The second-order valence-corrected chi connectivity index (χ2v) is 8.72. The van der Waals surface area contributed by atoms with Crippen LogP contribution in [0.3, 0.4) is 0 Å². The van der Waals surface area contributed by atoms with E-state index in [2.05, 4.69) is 32.2 Å². The minimum Gasteiger partial charge on any atom is -0.312 e. The molecule has 0 fully saturated rings. The first-order valence-electron chi connectivity index (χ1n) is 9.50. The van der Waals surface area contributed by atoms with Crippen molar-refractivity contribution < 1.29 is 4.79 Å². The van der Waals surface area contributed by atoms with Crippen molar-refractivity contribution in [3.8, 4) is 12.1 Å². The van der Waals surface area contributed by atoms with Crippen LogP contribution in [-0.2, 0) is 17.6 Å². The van der Waals surface area contributed by atoms with E-state index < -0.39 is 5.91 Å². The number of amides is 1. The molecule has 1 amide bonds. The van der Waals surface area contributed by atoms with Crippen molar-refractivity contribution in [3.05, 3.63) is 57.0 Å². The number of anilines is 1. The summed E-state index contributed by atoms with van der Waals surface area (Å²) in [6.45, 7) is 6.44. The van der Waals surface area contributed by atoms with Gasteiger partial charge in [-0.15, -0.1) is 11.3 Å². The smallest absolute Gasteiger partial charge is 0.266 e. The van der Waals surface area contributed by atoms with E-state index in [-0.39, 0.29) is 5.57 Å². The molecule has 4 nitrogen and oxygen atoms in total. The average Bonchev–Trinajstić information content (AvgIpc) is 3.02. The van der Waals surface area contributed by atoms with E-state index in [0.29, 0.717) is 22.4 Å². The largest absolute Gasteiger partial charge is 0.312 e. The molecule has 0 bridgehead atoms. The lowest BCUT2D eigenvalue weighted by atomic mass is 9.88. The molecule has 0 radical (unpaired) electrons. The molecule has 142 valence electrons. The summed E-state index contributed by atoms with van der Waals surface area (Å²) in [6, 6.07) is 12.1. The molecule has 1 aliphatic carbocycles. The summed E-state index contributed by atoms with van der Waals surface area (Å²) in [5.74, 6) is 0.539. The van der Waals surface area contributed by atoms with Gasteiger partial charge in [-0.3, -0.25) is 4.79 Å². The fraction of sp³-hybridized carbons (Fsp3) is 0.348. The van der Waals surface area contributed by atoms with Crippen molar-refractivity contribution in [2.75, 3.05) is 5.32 Å². The molecule has 5 heteroatoms. The van der Waals surface area contributed by atoms with Gasteiger partial charge in [0.25, 0.3) is 5.91 Å². The maximum atomic E-state index is 12.7. The molecule has 0 saturated carbocycles. The predicted molar refractivity (Wildman–Crippen MR) is 113 cm³/mol. The molecular formula is C23H23N3OS. The third kappa shape index (κ3) is 4.16. The molecule has 0 spiro atoms. The van der Waals surface area contributed by atoms with Gasteiger partial charge < -0.3 is 5.32 Å². The van der Waals surface area contributed by atoms with Crippen LogP contribution in [0.1, 0.15) is 60.2 Å². The van der Waals surface area contributed by atoms with Crippen LogP contribution in [0.5, 0.6) is 0 Å². The molecule has 0 aliphatic heterocycles. The maximum absolute atomic E-state index is 12.7. The lowest BCUT2D eigenvalue weighted by Gasteiger charge is -2.17. The summed E-state index contributed by atoms with van der Waals surface area (Å²) in [4.78, 5) is 13.8. The van der Waals surface area contributed by atoms with Crippen LogP contribution in [0, 0.1) is 28.6 Å². The van der Waals surface area contributed by atoms with Crippen LogP contribution in [0.25, 0.3) is 6.08 Å². The number of carbonyl (C=O) groups is 1. The lowest BCUT2D eigenvalue weighted by molar-refractivity contribution is -0.112. The normalized spacial score (nSPS) is 16.2. The van der Waals surface area contributed by atoms with Gasteiger partial charge in [-0.25, -0.2) is 0 Å². The number of carbonyl (C=O) groups excluding carboxylic acids is 1. The molecule has 28 heavy (non-hydrogen) atoms. The number of thiophene rings is 1. The summed E-state index contributed by atoms with van der Waals surface area (Å²) < 4.78 is 0. The highest BCUT2D eigenvalue weighted by molar-refractivity contribution is 7.16. The Kier molecular flexibility index (Phi) is 5.97. The van der Waals surface area contributed by atoms with E-state index >= 15 is 0 Å². The van der Waals surface area contributed by atoms with Crippen LogP contribution in [0.15, 0.2) is 29.8 Å². The van der Waals surface area contributed by atoms with E-state index in [0.717, 1.165) is 30.4 Å². The minimum absolute atomic E-state index is 0.0286. The zero-order chi connectivity index (χ0) is 20.3. The predicted octanol–water partition coefficient (Wildman–Crippen LogP) is 5.41. The van der Waals surface area contributed by atoms with Crippen molar-refractivity contribution in [2.45, 2.75) is 46.0 Å². The average molecular weight is 390 g/mol. The number of hydrogen-bond acceptors (Lipinski definition) is 4. The van der Waals surface area contributed by atoms with E-state index in [1.165, 1.54) is 21.8 Å². The number of nitriles is 2. The highest BCUT2D eigenvalue weighted by atomic mass is 32.1. The monoisotopic (exact) mass is 389 g/mol. The first kappa shape index (κ1) is 19.9. The van der Waals surface area contributed by atoms with E-state index in [9.17, 15) is 15.3 Å². The fourth-order valence-electron chi connectivity index (χ4n) is 3.42. The Morgan fingerprint density at radius 1 is 1.29 bits per heavy atom. The first-order chi connectivity index (χ1) is 13.4. The number of rotatable bonds is 4. The SMILES string of the molecule is CC(C)c1ccc(/C=C(\C#N)C(=O)Nc2sc3c(c2C#N)CC[C@@H](C)C3)cc1. The molecule has 1 aliphatic rings. The van der Waals surface area contributed by atoms with Crippen LogP contribution in [-0.4, -0.2) is 5.91 Å². The third-order valence-corrected chi connectivity index (χ3v) is 6.30. The van der Waals surface area contributed by atoms with Crippen molar-refractivity contribution in [2.24, 2.45) is 5.92 Å². The molecular weight excluding hydrogens is 366 g/mol. The van der Waals surface area contributed by atoms with Crippen LogP contribution < -0.4 is 5.32 Å². The zero-order valence-electron chi connectivity index (χ0n) is 16.4. The Hall–Kier alpha value is -2.89. The molecule has 0 unspecified atom stereocenters. The summed E-state index contributed by atoms with van der Waals surface area (Å²) in [7, 11) is 0. The van der Waals surface area contributed by atoms with E-state index in [1.54, 1.807) is 6.08 Å². The molecule has 0 saturated heterocycles. The van der Waals surface area contributed by atoms with Gasteiger partial charge in [0.05, 0.1) is 5.56 Å². The van der Waals surface area contributed by atoms with Crippen molar-refractivity contribution in [3.63, 3.8) is 0 Å². The van der Waals surface area contributed by atoms with Crippen LogP contribution in [0.4, 0.5) is 5.00 Å². The Balaban J connectivity index is 1.83. The summed E-state index contributed by atoms with van der Waals surface area (Å²) in [5, 5.41) is 22.4. The van der Waals surface area contributed by atoms with Crippen LogP contribution in [0.2, 0.25) is 0 Å². The Morgan fingerprint density at radius 2 is 2.00 bits per heavy atom. The van der Waals surface area contributed by atoms with Gasteiger partial charge in [0.15, 0.2) is 0 Å². The van der Waals surface area contributed by atoms with E-state index in [1.807, 2.05) is 30.3 Å². The summed E-state index contributed by atoms with van der Waals surface area (Å²) in [6.07, 6.45) is 4.45. The molecule has 1 atom stereocenters. The number of benzene rings is 1. The number of fused-ring (bicyclic) bond motifs is 1. The standard InChI is InChI=1S/C23H23N3OS/c1-14(2)17-7-5-16(6-8-17)11-18(12-24)22(27)26-23-20(13-25)19-9-4-15(3)10-21(19)28-23/h5-8,11,14-15H,4,9-10H2,1-3H3,(H,26,27)/b18-11+/t15-/m1/s1. The highest BCUT2D eigenvalue weighted by Gasteiger charge is 2.25. The van der Waals surface area contributed by atoms with Gasteiger partial charge >= 0.3 is 0 Å². The topological polar surface area (TPSA) is 76.7 Å². The zero-order valence-corrected chi connectivity index (χ0v) is 17.2. The summed E-state index contributed by atoms with van der Waals surface area (Å²) >= 11 is 1.47. The summed E-state index contributed by atoms with van der Waals surface area (Å²) in [5.41, 5.74) is 3.65. The quantitative estimate of drug-likeness (QED) is 0.561. The Morgan fingerprint density at radius 3 is 2.61 bits per heavy atom. The number of nitrogens with one attached hydrogen (secondary N) is 1. The van der Waals surface area contributed by atoms with E-state index in [4.69, 9.17) is 0 Å². The molecule has 1 aromatic carbocycles. The van der Waals surface area contributed by atoms with Gasteiger partial charge in [0.1, 0.15) is 22.7 Å². The van der Waals surface area contributed by atoms with Gasteiger partial charge in [0, 0.05) is 4.88 Å². The number of hydrogen-bond donors (Lipinski definition) is 1. The molecule has 3 rings (SSSR count). The Bertz CT molecular complexity index is 1000. The van der Waals surface area contributed by atoms with Gasteiger partial charge in [-0.2, -0.15) is 10.5 Å². The number of nitrogens with zero attached hydrogens (tertiary/aromatic N) is 2.